The monoisotopic (exact) mass is 466 g/mol. The normalized spacial score (nSPS) is 10.8. The van der Waals surface area contributed by atoms with Crippen molar-refractivity contribution in [3.05, 3.63) is 91.5 Å². The van der Waals surface area contributed by atoms with Gasteiger partial charge in [0.05, 0.1) is 17.2 Å². The van der Waals surface area contributed by atoms with Crippen molar-refractivity contribution in [1.82, 2.24) is 0 Å². The van der Waals surface area contributed by atoms with E-state index in [1.54, 1.807) is 72.8 Å². The lowest BCUT2D eigenvalue weighted by Crippen LogP contribution is -2.38. The third kappa shape index (κ3) is 6.36. The van der Waals surface area contributed by atoms with Gasteiger partial charge in [0.2, 0.25) is 5.91 Å². The van der Waals surface area contributed by atoms with Crippen LogP contribution in [-0.2, 0) is 14.8 Å². The molecule has 3 rings (SSSR count). The first kappa shape index (κ1) is 23.9. The fourth-order valence-electron chi connectivity index (χ4n) is 3.03. The molecule has 7 nitrogen and oxygen atoms in total. The number of hydrogen-bond acceptors (Lipinski definition) is 5. The number of nitrogens with zero attached hydrogens (tertiary/aromatic N) is 1. The van der Waals surface area contributed by atoms with E-state index in [0.717, 1.165) is 4.31 Å². The molecule has 0 bridgehead atoms. The van der Waals surface area contributed by atoms with Crippen molar-refractivity contribution in [3.63, 3.8) is 0 Å². The van der Waals surface area contributed by atoms with Crippen LogP contribution in [0.3, 0.4) is 0 Å². The molecule has 0 radical (unpaired) electrons. The lowest BCUT2D eigenvalue weighted by atomic mass is 10.3. The highest BCUT2D eigenvalue weighted by Crippen LogP contribution is 2.25. The maximum atomic E-state index is 13.4. The SMILES string of the molecule is C=CCOc1ccc(NC(=O)CN(c2ccccc2)S(=O)(=O)c2ccc(OCC)cc2)cc1. The minimum absolute atomic E-state index is 0.0614. The molecule has 3 aromatic carbocycles. The Morgan fingerprint density at radius 1 is 0.939 bits per heavy atom. The van der Waals surface area contributed by atoms with Gasteiger partial charge in [0.1, 0.15) is 24.7 Å². The second-order valence-corrected chi connectivity index (χ2v) is 8.79. The number of carbonyl (C=O) groups excluding carboxylic acids is 1. The van der Waals surface area contributed by atoms with Crippen molar-refractivity contribution >= 4 is 27.3 Å². The van der Waals surface area contributed by atoms with Crippen molar-refractivity contribution in [2.75, 3.05) is 29.4 Å². The Labute approximate surface area is 194 Å². The Balaban J connectivity index is 1.81. The van der Waals surface area contributed by atoms with Gasteiger partial charge in [0, 0.05) is 5.69 Å². The van der Waals surface area contributed by atoms with Gasteiger partial charge in [0.15, 0.2) is 0 Å². The van der Waals surface area contributed by atoms with E-state index in [-0.39, 0.29) is 4.90 Å². The Morgan fingerprint density at radius 2 is 1.55 bits per heavy atom. The molecular formula is C25H26N2O5S. The molecule has 33 heavy (non-hydrogen) atoms. The standard InChI is InChI=1S/C25H26N2O5S/c1-3-18-32-23-12-10-20(11-13-23)26-25(28)19-27(21-8-6-5-7-9-21)33(29,30)24-16-14-22(15-17-24)31-4-2/h3,5-17H,1,4,18-19H2,2H3,(H,26,28). The van der Waals surface area contributed by atoms with Gasteiger partial charge in [-0.25, -0.2) is 8.42 Å². The van der Waals surface area contributed by atoms with Gasteiger partial charge < -0.3 is 14.8 Å². The molecule has 172 valence electrons. The first-order valence-corrected chi connectivity index (χ1v) is 11.8. The summed E-state index contributed by atoms with van der Waals surface area (Å²) in [5, 5.41) is 2.73. The maximum absolute atomic E-state index is 13.4. The van der Waals surface area contributed by atoms with Gasteiger partial charge >= 0.3 is 0 Å². The fourth-order valence-corrected chi connectivity index (χ4v) is 4.45. The van der Waals surface area contributed by atoms with Crippen LogP contribution in [0, 0.1) is 0 Å². The average molecular weight is 467 g/mol. The molecule has 8 heteroatoms. The van der Waals surface area contributed by atoms with Crippen molar-refractivity contribution in [2.45, 2.75) is 11.8 Å². The highest BCUT2D eigenvalue weighted by Gasteiger charge is 2.27. The van der Waals surface area contributed by atoms with Crippen LogP contribution in [0.1, 0.15) is 6.92 Å². The predicted molar refractivity (Wildman–Crippen MR) is 129 cm³/mol. The van der Waals surface area contributed by atoms with E-state index in [1.807, 2.05) is 6.92 Å². The summed E-state index contributed by atoms with van der Waals surface area (Å²) in [4.78, 5) is 12.9. The van der Waals surface area contributed by atoms with E-state index in [0.29, 0.717) is 36.1 Å². The van der Waals surface area contributed by atoms with E-state index in [1.165, 1.54) is 12.1 Å². The molecule has 0 fully saturated rings. The third-order valence-electron chi connectivity index (χ3n) is 4.56. The fraction of sp³-hybridized carbons (Fsp3) is 0.160. The van der Waals surface area contributed by atoms with E-state index in [2.05, 4.69) is 11.9 Å². The molecular weight excluding hydrogens is 440 g/mol. The first-order chi connectivity index (χ1) is 15.9. The number of ether oxygens (including phenoxy) is 2. The number of rotatable bonds is 11. The molecule has 3 aromatic rings. The van der Waals surface area contributed by atoms with E-state index in [4.69, 9.17) is 9.47 Å². The summed E-state index contributed by atoms with van der Waals surface area (Å²) in [6, 6.07) is 21.4. The Kier molecular flexibility index (Phi) is 8.10. The summed E-state index contributed by atoms with van der Waals surface area (Å²) in [5.74, 6) is 0.728. The Morgan fingerprint density at radius 3 is 2.15 bits per heavy atom. The summed E-state index contributed by atoms with van der Waals surface area (Å²) in [6.07, 6.45) is 1.64. The van der Waals surface area contributed by atoms with Crippen LogP contribution < -0.4 is 19.1 Å². The van der Waals surface area contributed by atoms with Crippen molar-refractivity contribution in [3.8, 4) is 11.5 Å². The smallest absolute Gasteiger partial charge is 0.264 e. The van der Waals surface area contributed by atoms with Crippen molar-refractivity contribution in [2.24, 2.45) is 0 Å². The molecule has 0 spiro atoms. The van der Waals surface area contributed by atoms with Gasteiger partial charge in [-0.15, -0.1) is 0 Å². The van der Waals surface area contributed by atoms with Gasteiger partial charge in [-0.1, -0.05) is 30.9 Å². The quantitative estimate of drug-likeness (QED) is 0.421. The molecule has 0 atom stereocenters. The minimum atomic E-state index is -4.00. The summed E-state index contributed by atoms with van der Waals surface area (Å²) >= 11 is 0. The van der Waals surface area contributed by atoms with Crippen LogP contribution in [0.2, 0.25) is 0 Å². The van der Waals surface area contributed by atoms with Crippen LogP contribution >= 0.6 is 0 Å². The zero-order chi connectivity index (χ0) is 23.7. The molecule has 0 aromatic heterocycles. The van der Waals surface area contributed by atoms with Crippen molar-refractivity contribution in [1.29, 1.82) is 0 Å². The van der Waals surface area contributed by atoms with Crippen LogP contribution in [0.25, 0.3) is 0 Å². The number of benzene rings is 3. The Hall–Kier alpha value is -3.78. The molecule has 0 saturated carbocycles. The van der Waals surface area contributed by atoms with Crippen LogP contribution in [-0.4, -0.2) is 34.1 Å². The summed E-state index contributed by atoms with van der Waals surface area (Å²) in [6.45, 7) is 5.90. The van der Waals surface area contributed by atoms with Gasteiger partial charge in [-0.2, -0.15) is 0 Å². The molecule has 0 saturated heterocycles. The summed E-state index contributed by atoms with van der Waals surface area (Å²) in [7, 11) is -4.00. The lowest BCUT2D eigenvalue weighted by molar-refractivity contribution is -0.114. The molecule has 0 aliphatic rings. The zero-order valence-electron chi connectivity index (χ0n) is 18.3. The lowest BCUT2D eigenvalue weighted by Gasteiger charge is -2.24. The van der Waals surface area contributed by atoms with E-state index < -0.39 is 22.5 Å². The average Bonchev–Trinajstić information content (AvgIpc) is 2.83. The number of hydrogen-bond donors (Lipinski definition) is 1. The Bertz CT molecular complexity index is 1160. The maximum Gasteiger partial charge on any atom is 0.264 e. The van der Waals surface area contributed by atoms with Crippen LogP contribution in [0.4, 0.5) is 11.4 Å². The minimum Gasteiger partial charge on any atom is -0.494 e. The van der Waals surface area contributed by atoms with Gasteiger partial charge in [-0.05, 0) is 67.6 Å². The summed E-state index contributed by atoms with van der Waals surface area (Å²) in [5.41, 5.74) is 0.909. The largest absolute Gasteiger partial charge is 0.494 e. The number of sulfonamides is 1. The molecule has 0 aliphatic heterocycles. The number of nitrogens with one attached hydrogen (secondary N) is 1. The topological polar surface area (TPSA) is 84.9 Å². The number of anilines is 2. The van der Waals surface area contributed by atoms with Crippen LogP contribution in [0.15, 0.2) is 96.4 Å². The molecule has 0 aliphatic carbocycles. The highest BCUT2D eigenvalue weighted by molar-refractivity contribution is 7.92. The first-order valence-electron chi connectivity index (χ1n) is 10.4. The third-order valence-corrected chi connectivity index (χ3v) is 6.35. The molecule has 1 N–H and O–H groups in total. The van der Waals surface area contributed by atoms with Crippen molar-refractivity contribution < 1.29 is 22.7 Å². The summed E-state index contributed by atoms with van der Waals surface area (Å²) < 4.78 is 38.7. The number of carbonyl (C=O) groups is 1. The number of amides is 1. The molecule has 0 heterocycles. The van der Waals surface area contributed by atoms with Gasteiger partial charge in [0.25, 0.3) is 10.0 Å². The second-order valence-electron chi connectivity index (χ2n) is 6.92. The van der Waals surface area contributed by atoms with Crippen LogP contribution in [0.5, 0.6) is 11.5 Å². The molecule has 0 unspecified atom stereocenters. The zero-order valence-corrected chi connectivity index (χ0v) is 19.1. The highest BCUT2D eigenvalue weighted by atomic mass is 32.2. The number of para-hydroxylation sites is 1. The second kappa shape index (κ2) is 11.2. The van der Waals surface area contributed by atoms with Gasteiger partial charge in [-0.3, -0.25) is 9.10 Å². The van der Waals surface area contributed by atoms with E-state index in [9.17, 15) is 13.2 Å². The predicted octanol–water partition coefficient (Wildman–Crippen LogP) is 4.48. The van der Waals surface area contributed by atoms with E-state index >= 15 is 0 Å². The molecule has 1 amide bonds.